The Hall–Kier alpha value is -1.04. The van der Waals surface area contributed by atoms with Gasteiger partial charge >= 0.3 is 0 Å². The maximum absolute atomic E-state index is 11.7. The summed E-state index contributed by atoms with van der Waals surface area (Å²) in [6.45, 7) is 5.20. The average molecular weight is 316 g/mol. The standard InChI is InChI=1S/C12H21NO2S.C3H7NO/c1-11(14)16-10-6-3-7-12(15)13-8-4-2-5-9-13;1-2-3(4)5/h2-10H2,1H3;2H2,1H3,(H2,4,5). The monoisotopic (exact) mass is 316 g/mol. The Bertz CT molecular complexity index is 329. The van der Waals surface area contributed by atoms with Gasteiger partial charge in [-0.15, -0.1) is 0 Å². The molecule has 122 valence electrons. The van der Waals surface area contributed by atoms with Crippen LogP contribution in [-0.2, 0) is 14.4 Å². The number of hydrogen-bond acceptors (Lipinski definition) is 4. The highest BCUT2D eigenvalue weighted by molar-refractivity contribution is 8.13. The number of hydrogen-bond donors (Lipinski definition) is 1. The van der Waals surface area contributed by atoms with Gasteiger partial charge in [0, 0.05) is 38.6 Å². The molecule has 5 nitrogen and oxygen atoms in total. The molecule has 1 rings (SSSR count). The Morgan fingerprint density at radius 2 is 1.67 bits per heavy atom. The highest BCUT2D eigenvalue weighted by atomic mass is 32.2. The molecule has 2 N–H and O–H groups in total. The first-order valence-electron chi connectivity index (χ1n) is 7.66. The second-order valence-corrected chi connectivity index (χ2v) is 6.33. The maximum Gasteiger partial charge on any atom is 0.222 e. The molecule has 0 radical (unpaired) electrons. The Morgan fingerprint density at radius 3 is 2.14 bits per heavy atom. The van der Waals surface area contributed by atoms with E-state index in [1.807, 2.05) is 4.90 Å². The molecule has 2 amide bonds. The quantitative estimate of drug-likeness (QED) is 0.763. The fourth-order valence-corrected chi connectivity index (χ4v) is 2.53. The van der Waals surface area contributed by atoms with Crippen LogP contribution in [-0.4, -0.2) is 40.7 Å². The van der Waals surface area contributed by atoms with Crippen LogP contribution in [0.5, 0.6) is 0 Å². The lowest BCUT2D eigenvalue weighted by molar-refractivity contribution is -0.132. The molecular formula is C15H28N2O3S. The summed E-state index contributed by atoms with van der Waals surface area (Å²) in [6.07, 6.45) is 6.55. The first-order valence-corrected chi connectivity index (χ1v) is 8.65. The first kappa shape index (κ1) is 20.0. The largest absolute Gasteiger partial charge is 0.370 e. The summed E-state index contributed by atoms with van der Waals surface area (Å²) in [6, 6.07) is 0. The van der Waals surface area contributed by atoms with Gasteiger partial charge in [-0.2, -0.15) is 0 Å². The van der Waals surface area contributed by atoms with Crippen LogP contribution in [0.15, 0.2) is 0 Å². The van der Waals surface area contributed by atoms with Crippen molar-refractivity contribution in [1.82, 2.24) is 4.90 Å². The predicted octanol–water partition coefficient (Wildman–Crippen LogP) is 2.33. The molecule has 6 heteroatoms. The van der Waals surface area contributed by atoms with Crippen LogP contribution in [0, 0.1) is 0 Å². The molecule has 0 atom stereocenters. The summed E-state index contributed by atoms with van der Waals surface area (Å²) < 4.78 is 0. The Balaban J connectivity index is 0.000000690. The molecule has 1 heterocycles. The van der Waals surface area contributed by atoms with E-state index >= 15 is 0 Å². The van der Waals surface area contributed by atoms with Crippen molar-refractivity contribution in [2.75, 3.05) is 18.8 Å². The number of likely N-dealkylation sites (tertiary alicyclic amines) is 1. The third kappa shape index (κ3) is 12.4. The molecule has 1 aliphatic heterocycles. The van der Waals surface area contributed by atoms with Crippen molar-refractivity contribution in [1.29, 1.82) is 0 Å². The Morgan fingerprint density at radius 1 is 1.10 bits per heavy atom. The third-order valence-corrected chi connectivity index (χ3v) is 4.05. The number of rotatable bonds is 6. The number of carbonyl (C=O) groups excluding carboxylic acids is 3. The van der Waals surface area contributed by atoms with Gasteiger partial charge in [-0.25, -0.2) is 0 Å². The van der Waals surface area contributed by atoms with E-state index in [-0.39, 0.29) is 11.0 Å². The SMILES string of the molecule is CC(=O)SCCCCC(=O)N1CCCCC1.CCC(N)=O. The van der Waals surface area contributed by atoms with Gasteiger partial charge in [-0.3, -0.25) is 14.4 Å². The van der Waals surface area contributed by atoms with E-state index in [9.17, 15) is 14.4 Å². The number of amides is 2. The van der Waals surface area contributed by atoms with Crippen molar-refractivity contribution in [2.24, 2.45) is 5.73 Å². The molecule has 1 saturated heterocycles. The third-order valence-electron chi connectivity index (χ3n) is 3.15. The summed E-state index contributed by atoms with van der Waals surface area (Å²) in [5, 5.41) is 0.169. The minimum Gasteiger partial charge on any atom is -0.370 e. The van der Waals surface area contributed by atoms with Crippen LogP contribution in [0.3, 0.4) is 0 Å². The van der Waals surface area contributed by atoms with E-state index in [0.29, 0.717) is 18.7 Å². The molecule has 0 unspecified atom stereocenters. The van der Waals surface area contributed by atoms with Crippen molar-refractivity contribution in [3.8, 4) is 0 Å². The highest BCUT2D eigenvalue weighted by Gasteiger charge is 2.15. The fourth-order valence-electron chi connectivity index (χ4n) is 1.90. The van der Waals surface area contributed by atoms with Crippen molar-refractivity contribution >= 4 is 28.7 Å². The summed E-state index contributed by atoms with van der Waals surface area (Å²) in [4.78, 5) is 34.0. The molecule has 0 spiro atoms. The van der Waals surface area contributed by atoms with Gasteiger partial charge in [-0.05, 0) is 32.1 Å². The van der Waals surface area contributed by atoms with Gasteiger partial charge in [0.25, 0.3) is 0 Å². The Labute approximate surface area is 132 Å². The van der Waals surface area contributed by atoms with Crippen molar-refractivity contribution < 1.29 is 14.4 Å². The van der Waals surface area contributed by atoms with Gasteiger partial charge in [0.1, 0.15) is 0 Å². The van der Waals surface area contributed by atoms with Gasteiger partial charge in [-0.1, -0.05) is 18.7 Å². The Kier molecular flexibility index (Phi) is 12.1. The number of carbonyl (C=O) groups is 3. The lowest BCUT2D eigenvalue weighted by Gasteiger charge is -2.26. The predicted molar refractivity (Wildman–Crippen MR) is 86.9 cm³/mol. The number of nitrogens with zero attached hydrogens (tertiary/aromatic N) is 1. The van der Waals surface area contributed by atoms with E-state index in [1.165, 1.54) is 18.2 Å². The molecule has 0 aliphatic carbocycles. The fraction of sp³-hybridized carbons (Fsp3) is 0.800. The number of primary amides is 1. The molecule has 0 aromatic heterocycles. The van der Waals surface area contributed by atoms with Gasteiger partial charge in [0.05, 0.1) is 0 Å². The van der Waals surface area contributed by atoms with Crippen LogP contribution >= 0.6 is 11.8 Å². The number of thioether (sulfide) groups is 1. The van der Waals surface area contributed by atoms with Crippen LogP contribution in [0.2, 0.25) is 0 Å². The molecule has 0 aromatic rings. The molecule has 0 bridgehead atoms. The van der Waals surface area contributed by atoms with E-state index in [0.717, 1.165) is 44.5 Å². The van der Waals surface area contributed by atoms with E-state index in [2.05, 4.69) is 5.73 Å². The van der Waals surface area contributed by atoms with Gasteiger partial charge in [0.2, 0.25) is 11.8 Å². The molecule has 0 saturated carbocycles. The second-order valence-electron chi connectivity index (χ2n) is 5.06. The minimum atomic E-state index is -0.245. The van der Waals surface area contributed by atoms with Crippen molar-refractivity contribution in [3.05, 3.63) is 0 Å². The summed E-state index contributed by atoms with van der Waals surface area (Å²) in [5.74, 6) is 0.903. The second kappa shape index (κ2) is 12.7. The number of nitrogens with two attached hydrogens (primary N) is 1. The molecule has 0 aromatic carbocycles. The van der Waals surface area contributed by atoms with Gasteiger partial charge < -0.3 is 10.6 Å². The highest BCUT2D eigenvalue weighted by Crippen LogP contribution is 2.12. The zero-order valence-corrected chi connectivity index (χ0v) is 14.0. The normalized spacial score (nSPS) is 14.1. The summed E-state index contributed by atoms with van der Waals surface area (Å²) >= 11 is 1.35. The molecule has 1 fully saturated rings. The lowest BCUT2D eigenvalue weighted by atomic mass is 10.1. The first-order chi connectivity index (χ1) is 9.97. The molecule has 1 aliphatic rings. The minimum absolute atomic E-state index is 0.169. The topological polar surface area (TPSA) is 80.5 Å². The summed E-state index contributed by atoms with van der Waals surface area (Å²) in [5.41, 5.74) is 4.65. The van der Waals surface area contributed by atoms with Crippen LogP contribution < -0.4 is 5.73 Å². The van der Waals surface area contributed by atoms with Crippen LogP contribution in [0.25, 0.3) is 0 Å². The van der Waals surface area contributed by atoms with Gasteiger partial charge in [0.15, 0.2) is 5.12 Å². The van der Waals surface area contributed by atoms with E-state index in [1.54, 1.807) is 13.8 Å². The lowest BCUT2D eigenvalue weighted by Crippen LogP contribution is -2.35. The number of unbranched alkanes of at least 4 members (excludes halogenated alkanes) is 1. The van der Waals surface area contributed by atoms with Crippen LogP contribution in [0.1, 0.15) is 58.8 Å². The number of piperidine rings is 1. The maximum atomic E-state index is 11.7. The molecule has 21 heavy (non-hydrogen) atoms. The zero-order valence-electron chi connectivity index (χ0n) is 13.2. The van der Waals surface area contributed by atoms with Crippen molar-refractivity contribution in [2.45, 2.75) is 58.8 Å². The van der Waals surface area contributed by atoms with Crippen LogP contribution in [0.4, 0.5) is 0 Å². The smallest absolute Gasteiger partial charge is 0.222 e. The molecular weight excluding hydrogens is 288 g/mol. The van der Waals surface area contributed by atoms with Crippen molar-refractivity contribution in [3.63, 3.8) is 0 Å². The average Bonchev–Trinajstić information content (AvgIpc) is 2.48. The van der Waals surface area contributed by atoms with E-state index < -0.39 is 0 Å². The zero-order chi connectivity index (χ0) is 16.1. The summed E-state index contributed by atoms with van der Waals surface area (Å²) in [7, 11) is 0. The van der Waals surface area contributed by atoms with E-state index in [4.69, 9.17) is 0 Å².